The molecule has 0 spiro atoms. The van der Waals surface area contributed by atoms with E-state index in [2.05, 4.69) is 77.9 Å². The molecule has 1 aromatic heterocycles. The van der Waals surface area contributed by atoms with Crippen molar-refractivity contribution in [3.05, 3.63) is 83.0 Å². The lowest BCUT2D eigenvalue weighted by Crippen LogP contribution is -2.31. The Kier molecular flexibility index (Phi) is 3.39. The van der Waals surface area contributed by atoms with Gasteiger partial charge in [-0.1, -0.05) is 54.6 Å². The van der Waals surface area contributed by atoms with Crippen LogP contribution < -0.4 is 5.32 Å². The largest absolute Gasteiger partial charge is 0.357 e. The summed E-state index contributed by atoms with van der Waals surface area (Å²) in [5.41, 5.74) is 6.96. The number of nitrogens with one attached hydrogen (secondary N) is 2. The molecule has 2 heteroatoms. The third-order valence-corrected chi connectivity index (χ3v) is 5.59. The van der Waals surface area contributed by atoms with Crippen molar-refractivity contribution >= 4 is 21.7 Å². The summed E-state index contributed by atoms with van der Waals surface area (Å²) < 4.78 is 0. The molecule has 0 saturated carbocycles. The molecule has 1 aliphatic rings. The molecule has 5 rings (SSSR count). The number of hydrogen-bond acceptors (Lipinski definition) is 1. The molecule has 0 bridgehead atoms. The molecule has 1 atom stereocenters. The Hall–Kier alpha value is -2.58. The molecule has 2 heterocycles. The van der Waals surface area contributed by atoms with Crippen LogP contribution in [0.1, 0.15) is 28.4 Å². The highest BCUT2D eigenvalue weighted by Gasteiger charge is 2.25. The van der Waals surface area contributed by atoms with Gasteiger partial charge >= 0.3 is 0 Å². The van der Waals surface area contributed by atoms with Crippen LogP contribution in [-0.4, -0.2) is 11.5 Å². The number of benzene rings is 3. The Morgan fingerprint density at radius 3 is 2.76 bits per heavy atom. The molecule has 0 amide bonds. The van der Waals surface area contributed by atoms with Crippen molar-refractivity contribution in [1.82, 2.24) is 10.3 Å². The number of aromatic amines is 1. The van der Waals surface area contributed by atoms with Crippen LogP contribution in [0.15, 0.2) is 60.7 Å². The van der Waals surface area contributed by atoms with Gasteiger partial charge in [0.05, 0.1) is 6.04 Å². The Morgan fingerprint density at radius 2 is 1.80 bits per heavy atom. The lowest BCUT2D eigenvalue weighted by Gasteiger charge is -2.25. The Balaban J connectivity index is 1.61. The smallest absolute Gasteiger partial charge is 0.0517 e. The summed E-state index contributed by atoms with van der Waals surface area (Å²) in [5, 5.41) is 7.86. The molecule has 0 radical (unpaired) electrons. The number of H-pyrrole nitrogens is 1. The van der Waals surface area contributed by atoms with Crippen molar-refractivity contribution < 1.29 is 0 Å². The fraction of sp³-hybridized carbons (Fsp3) is 0.217. The summed E-state index contributed by atoms with van der Waals surface area (Å²) in [4.78, 5) is 3.71. The zero-order valence-corrected chi connectivity index (χ0v) is 14.5. The van der Waals surface area contributed by atoms with Crippen LogP contribution in [0, 0.1) is 6.92 Å². The summed E-state index contributed by atoms with van der Waals surface area (Å²) in [5.74, 6) is 0. The number of fused-ring (bicyclic) bond motifs is 4. The van der Waals surface area contributed by atoms with Crippen molar-refractivity contribution in [2.75, 3.05) is 6.54 Å². The fourth-order valence-corrected chi connectivity index (χ4v) is 4.42. The van der Waals surface area contributed by atoms with Gasteiger partial charge in [-0.3, -0.25) is 0 Å². The van der Waals surface area contributed by atoms with Crippen LogP contribution in [0.3, 0.4) is 0 Å². The van der Waals surface area contributed by atoms with E-state index in [1.807, 2.05) is 0 Å². The maximum Gasteiger partial charge on any atom is 0.0517 e. The number of aromatic nitrogens is 1. The first-order valence-electron chi connectivity index (χ1n) is 9.11. The monoisotopic (exact) mass is 326 g/mol. The average Bonchev–Trinajstić information content (AvgIpc) is 3.03. The van der Waals surface area contributed by atoms with E-state index < -0.39 is 0 Å². The highest BCUT2D eigenvalue weighted by atomic mass is 15.0. The van der Waals surface area contributed by atoms with E-state index in [9.17, 15) is 0 Å². The number of hydrogen-bond donors (Lipinski definition) is 2. The first kappa shape index (κ1) is 14.7. The summed E-state index contributed by atoms with van der Waals surface area (Å²) in [6, 6.07) is 22.3. The molecule has 25 heavy (non-hydrogen) atoms. The minimum absolute atomic E-state index is 0.348. The summed E-state index contributed by atoms with van der Waals surface area (Å²) in [6.07, 6.45) is 2.12. The van der Waals surface area contributed by atoms with E-state index in [0.717, 1.165) is 19.4 Å². The quantitative estimate of drug-likeness (QED) is 0.529. The second-order valence-electron chi connectivity index (χ2n) is 7.11. The molecule has 1 aliphatic heterocycles. The van der Waals surface area contributed by atoms with Crippen molar-refractivity contribution in [3.63, 3.8) is 0 Å². The molecule has 2 N–H and O–H groups in total. The summed E-state index contributed by atoms with van der Waals surface area (Å²) in [7, 11) is 0. The van der Waals surface area contributed by atoms with Crippen molar-refractivity contribution in [1.29, 1.82) is 0 Å². The van der Waals surface area contributed by atoms with Gasteiger partial charge in [-0.15, -0.1) is 0 Å². The summed E-state index contributed by atoms with van der Waals surface area (Å²) >= 11 is 0. The molecular formula is C23H22N2. The molecule has 2 nitrogen and oxygen atoms in total. The maximum atomic E-state index is 3.74. The van der Waals surface area contributed by atoms with Gasteiger partial charge < -0.3 is 10.3 Å². The predicted octanol–water partition coefficient (Wildman–Crippen LogP) is 5.06. The van der Waals surface area contributed by atoms with E-state index in [0.29, 0.717) is 6.04 Å². The van der Waals surface area contributed by atoms with Gasteiger partial charge in [-0.05, 0) is 59.8 Å². The van der Waals surface area contributed by atoms with Crippen LogP contribution in [-0.2, 0) is 12.8 Å². The minimum Gasteiger partial charge on any atom is -0.357 e. The summed E-state index contributed by atoms with van der Waals surface area (Å²) in [6.45, 7) is 3.27. The van der Waals surface area contributed by atoms with Crippen molar-refractivity contribution in [2.24, 2.45) is 0 Å². The third kappa shape index (κ3) is 2.37. The normalized spacial score (nSPS) is 17.1. The van der Waals surface area contributed by atoms with Gasteiger partial charge in [-0.25, -0.2) is 0 Å². The standard InChI is InChI=1S/C23H22N2/c1-15-6-4-11-20-22(15)19-12-13-24-21(23(19)25-20)14-17-9-5-8-16-7-2-3-10-18(16)17/h2-11,21,24-25H,12-14H2,1H3. The molecule has 4 aromatic rings. The highest BCUT2D eigenvalue weighted by Crippen LogP contribution is 2.34. The third-order valence-electron chi connectivity index (χ3n) is 5.59. The molecule has 124 valence electrons. The first-order chi connectivity index (χ1) is 12.3. The van der Waals surface area contributed by atoms with E-state index in [1.54, 1.807) is 0 Å². The molecule has 0 aliphatic carbocycles. The van der Waals surface area contributed by atoms with Crippen molar-refractivity contribution in [2.45, 2.75) is 25.8 Å². The minimum atomic E-state index is 0.348. The second-order valence-corrected chi connectivity index (χ2v) is 7.11. The van der Waals surface area contributed by atoms with E-state index in [4.69, 9.17) is 0 Å². The molecule has 3 aromatic carbocycles. The second kappa shape index (κ2) is 5.75. The predicted molar refractivity (Wildman–Crippen MR) is 105 cm³/mol. The van der Waals surface area contributed by atoms with Crippen LogP contribution >= 0.6 is 0 Å². The zero-order chi connectivity index (χ0) is 16.8. The Labute approximate surface area is 147 Å². The van der Waals surface area contributed by atoms with Gasteiger partial charge in [-0.2, -0.15) is 0 Å². The topological polar surface area (TPSA) is 27.8 Å². The van der Waals surface area contributed by atoms with Crippen LogP contribution in [0.5, 0.6) is 0 Å². The SMILES string of the molecule is Cc1cccc2[nH]c3c(c12)CCNC3Cc1cccc2ccccc12. The van der Waals surface area contributed by atoms with E-state index >= 15 is 0 Å². The molecular weight excluding hydrogens is 304 g/mol. The van der Waals surface area contributed by atoms with Gasteiger partial charge in [0.25, 0.3) is 0 Å². The lowest BCUT2D eigenvalue weighted by atomic mass is 9.92. The van der Waals surface area contributed by atoms with Gasteiger partial charge in [0.2, 0.25) is 0 Å². The van der Waals surface area contributed by atoms with Gasteiger partial charge in [0.1, 0.15) is 0 Å². The number of aryl methyl sites for hydroxylation is 1. The maximum absolute atomic E-state index is 3.74. The van der Waals surface area contributed by atoms with E-state index in [1.165, 1.54) is 44.1 Å². The first-order valence-corrected chi connectivity index (χ1v) is 9.11. The molecule has 0 fully saturated rings. The number of rotatable bonds is 2. The zero-order valence-electron chi connectivity index (χ0n) is 14.5. The Bertz CT molecular complexity index is 1070. The van der Waals surface area contributed by atoms with Crippen LogP contribution in [0.4, 0.5) is 0 Å². The van der Waals surface area contributed by atoms with Crippen LogP contribution in [0.2, 0.25) is 0 Å². The van der Waals surface area contributed by atoms with Gasteiger partial charge in [0.15, 0.2) is 0 Å². The van der Waals surface area contributed by atoms with E-state index in [-0.39, 0.29) is 0 Å². The van der Waals surface area contributed by atoms with Crippen LogP contribution in [0.25, 0.3) is 21.7 Å². The average molecular weight is 326 g/mol. The van der Waals surface area contributed by atoms with Gasteiger partial charge in [0, 0.05) is 16.6 Å². The highest BCUT2D eigenvalue weighted by molar-refractivity contribution is 5.88. The Morgan fingerprint density at radius 1 is 0.960 bits per heavy atom. The fourth-order valence-electron chi connectivity index (χ4n) is 4.42. The molecule has 0 saturated heterocycles. The van der Waals surface area contributed by atoms with Crippen molar-refractivity contribution in [3.8, 4) is 0 Å². The molecule has 1 unspecified atom stereocenters. The lowest BCUT2D eigenvalue weighted by molar-refractivity contribution is 0.496.